The molecule has 146 valence electrons. The van der Waals surface area contributed by atoms with Gasteiger partial charge in [0.15, 0.2) is 5.50 Å². The molecule has 1 atom stereocenters. The van der Waals surface area contributed by atoms with E-state index >= 15 is 0 Å². The molecule has 0 spiro atoms. The molecule has 0 N–H and O–H groups in total. The van der Waals surface area contributed by atoms with Gasteiger partial charge in [-0.25, -0.2) is 4.98 Å². The van der Waals surface area contributed by atoms with E-state index in [2.05, 4.69) is 17.6 Å². The zero-order valence-corrected chi connectivity index (χ0v) is 16.2. The van der Waals surface area contributed by atoms with Crippen LogP contribution in [0.15, 0.2) is 36.5 Å². The Kier molecular flexibility index (Phi) is 4.79. The molecule has 0 aliphatic carbocycles. The molecule has 1 fully saturated rings. The molecule has 1 aliphatic rings. The summed E-state index contributed by atoms with van der Waals surface area (Å²) in [5.74, 6) is 0.0687. The van der Waals surface area contributed by atoms with Gasteiger partial charge in [0.1, 0.15) is 11.4 Å². The first kappa shape index (κ1) is 20.0. The summed E-state index contributed by atoms with van der Waals surface area (Å²) in [4.78, 5) is 20.2. The van der Waals surface area contributed by atoms with Gasteiger partial charge in [-0.1, -0.05) is 0 Å². The van der Waals surface area contributed by atoms with Gasteiger partial charge in [-0.05, 0) is 56.7 Å². The Morgan fingerprint density at radius 3 is 2.50 bits per heavy atom. The molecule has 1 amide bonds. The van der Waals surface area contributed by atoms with Gasteiger partial charge in [-0.2, -0.15) is 18.4 Å². The number of halogens is 3. The highest BCUT2D eigenvalue weighted by Gasteiger charge is 2.52. The van der Waals surface area contributed by atoms with Crippen molar-refractivity contribution in [3.05, 3.63) is 53.2 Å². The summed E-state index contributed by atoms with van der Waals surface area (Å²) < 4.78 is 40.0. The van der Waals surface area contributed by atoms with Gasteiger partial charge >= 0.3 is 6.18 Å². The monoisotopic (exact) mass is 406 g/mol. The van der Waals surface area contributed by atoms with Crippen molar-refractivity contribution < 1.29 is 18.0 Å². The first-order valence-corrected chi connectivity index (χ1v) is 8.85. The maximum Gasteiger partial charge on any atom is 0.417 e. The summed E-state index contributed by atoms with van der Waals surface area (Å²) in [5, 5.41) is 8.98. The molecule has 3 rings (SSSR count). The maximum absolute atomic E-state index is 13.3. The smallest absolute Gasteiger partial charge is 0.313 e. The highest BCUT2D eigenvalue weighted by Crippen LogP contribution is 2.41. The van der Waals surface area contributed by atoms with Crippen LogP contribution in [-0.2, 0) is 11.0 Å². The number of carbonyl (C=O) groups excluding carboxylic acids is 1. The van der Waals surface area contributed by atoms with E-state index in [1.54, 1.807) is 37.1 Å². The lowest BCUT2D eigenvalue weighted by atomic mass is 10.0. The number of thiol groups is 1. The van der Waals surface area contributed by atoms with Crippen molar-refractivity contribution in [3.8, 4) is 6.07 Å². The van der Waals surface area contributed by atoms with E-state index in [1.807, 2.05) is 6.92 Å². The predicted octanol–water partition coefficient (Wildman–Crippen LogP) is 4.13. The van der Waals surface area contributed by atoms with E-state index in [9.17, 15) is 18.0 Å². The topological polar surface area (TPSA) is 60.2 Å². The maximum atomic E-state index is 13.3. The van der Waals surface area contributed by atoms with Gasteiger partial charge < -0.3 is 4.90 Å². The van der Waals surface area contributed by atoms with Crippen molar-refractivity contribution in [3.63, 3.8) is 0 Å². The second kappa shape index (κ2) is 6.71. The Balaban J connectivity index is 2.11. The van der Waals surface area contributed by atoms with E-state index in [0.29, 0.717) is 5.82 Å². The van der Waals surface area contributed by atoms with Crippen molar-refractivity contribution in [2.24, 2.45) is 0 Å². The summed E-state index contributed by atoms with van der Waals surface area (Å²) in [5.41, 5.74) is -2.62. The molecule has 9 heteroatoms. The van der Waals surface area contributed by atoms with Crippen LogP contribution in [0.3, 0.4) is 0 Å². The summed E-state index contributed by atoms with van der Waals surface area (Å²) in [6.07, 6.45) is -3.12. The van der Waals surface area contributed by atoms with Crippen LogP contribution in [0, 0.1) is 18.3 Å². The van der Waals surface area contributed by atoms with Gasteiger partial charge in [0, 0.05) is 11.9 Å². The third-order valence-electron chi connectivity index (χ3n) is 4.66. The van der Waals surface area contributed by atoms with Crippen LogP contribution in [0.4, 0.5) is 24.7 Å². The van der Waals surface area contributed by atoms with Crippen LogP contribution in [0.2, 0.25) is 0 Å². The van der Waals surface area contributed by atoms with Crippen LogP contribution in [0.5, 0.6) is 0 Å². The van der Waals surface area contributed by atoms with Crippen molar-refractivity contribution in [1.82, 2.24) is 4.98 Å². The number of pyridine rings is 1. The van der Waals surface area contributed by atoms with Crippen LogP contribution in [-0.4, -0.2) is 21.9 Å². The minimum absolute atomic E-state index is 0.0135. The average Bonchev–Trinajstić information content (AvgIpc) is 2.78. The van der Waals surface area contributed by atoms with Crippen molar-refractivity contribution >= 4 is 30.0 Å². The number of nitriles is 1. The second-order valence-electron chi connectivity index (χ2n) is 6.98. The first-order chi connectivity index (χ1) is 13.0. The fraction of sp³-hybridized carbons (Fsp3) is 0.316. The molecule has 1 aromatic carbocycles. The van der Waals surface area contributed by atoms with Crippen molar-refractivity contribution in [1.29, 1.82) is 5.26 Å². The number of hydrogen-bond donors (Lipinski definition) is 1. The van der Waals surface area contributed by atoms with Gasteiger partial charge in [-0.3, -0.25) is 9.69 Å². The number of carbonyl (C=O) groups is 1. The molecule has 2 aromatic rings. The van der Waals surface area contributed by atoms with Crippen LogP contribution < -0.4 is 9.80 Å². The third-order valence-corrected chi connectivity index (χ3v) is 5.12. The average molecular weight is 406 g/mol. The molecule has 1 aliphatic heterocycles. The summed E-state index contributed by atoms with van der Waals surface area (Å²) in [6.45, 7) is 5.20. The molecule has 0 saturated carbocycles. The minimum Gasteiger partial charge on any atom is -0.313 e. The zero-order valence-electron chi connectivity index (χ0n) is 15.3. The number of amides is 1. The SMILES string of the molecule is Cc1ccnc(N2C(S)N(c3ccc(C#N)c(C(F)(F)F)c3)C(=O)C2(C)C)c1. The van der Waals surface area contributed by atoms with Crippen LogP contribution in [0.25, 0.3) is 0 Å². The normalized spacial score (nSPS) is 19.1. The standard InChI is InChI=1S/C19H17F3N4OS/c1-11-6-7-24-15(8-11)26-17(28)25(16(27)18(26,2)3)13-5-4-12(10-23)14(9-13)19(20,21)22/h4-9,17,28H,1-3H3. The Morgan fingerprint density at radius 2 is 1.93 bits per heavy atom. The van der Waals surface area contributed by atoms with Crippen molar-refractivity contribution in [2.75, 3.05) is 9.80 Å². The highest BCUT2D eigenvalue weighted by atomic mass is 32.1. The quantitative estimate of drug-likeness (QED) is 0.762. The Hall–Kier alpha value is -2.73. The number of benzene rings is 1. The highest BCUT2D eigenvalue weighted by molar-refractivity contribution is 7.81. The Morgan fingerprint density at radius 1 is 1.25 bits per heavy atom. The number of alkyl halides is 3. The first-order valence-electron chi connectivity index (χ1n) is 8.33. The molecule has 5 nitrogen and oxygen atoms in total. The number of nitrogens with zero attached hydrogens (tertiary/aromatic N) is 4. The summed E-state index contributed by atoms with van der Waals surface area (Å²) in [6, 6.07) is 8.31. The number of rotatable bonds is 2. The van der Waals surface area contributed by atoms with E-state index in [4.69, 9.17) is 5.26 Å². The number of anilines is 2. The molecule has 1 saturated heterocycles. The van der Waals surface area contributed by atoms with Gasteiger partial charge in [0.25, 0.3) is 5.91 Å². The van der Waals surface area contributed by atoms with E-state index in [-0.39, 0.29) is 5.69 Å². The lowest BCUT2D eigenvalue weighted by Gasteiger charge is -2.32. The molecular weight excluding hydrogens is 389 g/mol. The molecule has 2 heterocycles. The largest absolute Gasteiger partial charge is 0.417 e. The van der Waals surface area contributed by atoms with E-state index < -0.39 is 34.2 Å². The van der Waals surface area contributed by atoms with Crippen LogP contribution >= 0.6 is 12.6 Å². The molecule has 0 bridgehead atoms. The van der Waals surface area contributed by atoms with Crippen LogP contribution in [0.1, 0.15) is 30.5 Å². The van der Waals surface area contributed by atoms with E-state index in [1.165, 1.54) is 17.0 Å². The Bertz CT molecular complexity index is 984. The zero-order chi connectivity index (χ0) is 20.9. The fourth-order valence-corrected chi connectivity index (χ4v) is 3.87. The summed E-state index contributed by atoms with van der Waals surface area (Å²) in [7, 11) is 0. The van der Waals surface area contributed by atoms with Crippen molar-refractivity contribution in [2.45, 2.75) is 38.0 Å². The number of hydrogen-bond acceptors (Lipinski definition) is 5. The van der Waals surface area contributed by atoms with E-state index in [0.717, 1.165) is 17.7 Å². The number of aromatic nitrogens is 1. The molecular formula is C19H17F3N4OS. The summed E-state index contributed by atoms with van der Waals surface area (Å²) >= 11 is 4.51. The van der Waals surface area contributed by atoms with Gasteiger partial charge in [0.2, 0.25) is 0 Å². The minimum atomic E-state index is -4.72. The lowest BCUT2D eigenvalue weighted by molar-refractivity contribution is -0.137. The fourth-order valence-electron chi connectivity index (χ4n) is 3.23. The second-order valence-corrected chi connectivity index (χ2v) is 7.44. The lowest BCUT2D eigenvalue weighted by Crippen LogP contribution is -2.45. The van der Waals surface area contributed by atoms with Gasteiger partial charge in [-0.15, -0.1) is 12.6 Å². The third kappa shape index (κ3) is 3.18. The molecule has 1 unspecified atom stereocenters. The predicted molar refractivity (Wildman–Crippen MR) is 102 cm³/mol. The number of aryl methyl sites for hydroxylation is 1. The molecule has 1 aromatic heterocycles. The van der Waals surface area contributed by atoms with Gasteiger partial charge in [0.05, 0.1) is 17.2 Å². The Labute approximate surface area is 165 Å². The molecule has 0 radical (unpaired) electrons. The molecule has 28 heavy (non-hydrogen) atoms.